The van der Waals surface area contributed by atoms with Crippen LogP contribution in [0.25, 0.3) is 0 Å². The van der Waals surface area contributed by atoms with Gasteiger partial charge < -0.3 is 4.74 Å². The maximum Gasteiger partial charge on any atom is 0.297 e. The Balaban J connectivity index is 1.63. The molecule has 1 aliphatic rings. The molecule has 0 aliphatic heterocycles. The monoisotopic (exact) mass is 346 g/mol. The molecule has 1 fully saturated rings. The van der Waals surface area contributed by atoms with Gasteiger partial charge in [0, 0.05) is 0 Å². The van der Waals surface area contributed by atoms with E-state index in [-0.39, 0.29) is 11.5 Å². The fourth-order valence-electron chi connectivity index (χ4n) is 2.74. The highest BCUT2D eigenvalue weighted by Gasteiger charge is 2.43. The molecule has 0 aromatic heterocycles. The quantitative estimate of drug-likeness (QED) is 0.715. The van der Waals surface area contributed by atoms with Crippen molar-refractivity contribution in [2.24, 2.45) is 0 Å². The van der Waals surface area contributed by atoms with Gasteiger partial charge in [-0.2, -0.15) is 8.42 Å². The van der Waals surface area contributed by atoms with Crippen molar-refractivity contribution in [2.45, 2.75) is 43.3 Å². The fraction of sp³-hybridized carbons (Fsp3) is 0.368. The lowest BCUT2D eigenvalue weighted by molar-refractivity contribution is -0.0770. The second-order valence-corrected chi connectivity index (χ2v) is 7.91. The van der Waals surface area contributed by atoms with E-state index < -0.39 is 15.7 Å². The molecule has 0 saturated heterocycles. The number of hydrogen-bond acceptors (Lipinski definition) is 4. The van der Waals surface area contributed by atoms with Crippen molar-refractivity contribution in [2.75, 3.05) is 6.61 Å². The molecular formula is C19H22O4S. The highest BCUT2D eigenvalue weighted by atomic mass is 32.2. The highest BCUT2D eigenvalue weighted by molar-refractivity contribution is 7.86. The first-order chi connectivity index (χ1) is 11.5. The van der Waals surface area contributed by atoms with Crippen LogP contribution in [0.5, 0.6) is 0 Å². The Hall–Kier alpha value is -1.69. The van der Waals surface area contributed by atoms with E-state index in [1.165, 1.54) is 0 Å². The molecule has 2 aromatic carbocycles. The molecule has 0 bridgehead atoms. The van der Waals surface area contributed by atoms with Gasteiger partial charge in [-0.15, -0.1) is 0 Å². The molecule has 0 spiro atoms. The third-order valence-corrected chi connectivity index (χ3v) is 5.76. The van der Waals surface area contributed by atoms with Crippen LogP contribution in [-0.2, 0) is 25.6 Å². The summed E-state index contributed by atoms with van der Waals surface area (Å²) in [6.07, 6.45) is 2.36. The second kappa shape index (κ2) is 7.05. The lowest BCUT2D eigenvalue weighted by Crippen LogP contribution is -2.46. The predicted molar refractivity (Wildman–Crippen MR) is 92.1 cm³/mol. The van der Waals surface area contributed by atoms with Crippen molar-refractivity contribution < 1.29 is 17.3 Å². The molecule has 0 unspecified atom stereocenters. The average molecular weight is 346 g/mol. The average Bonchev–Trinajstić information content (AvgIpc) is 2.54. The van der Waals surface area contributed by atoms with E-state index in [4.69, 9.17) is 8.92 Å². The van der Waals surface area contributed by atoms with Crippen LogP contribution in [0, 0.1) is 6.92 Å². The lowest BCUT2D eigenvalue weighted by Gasteiger charge is -2.40. The summed E-state index contributed by atoms with van der Waals surface area (Å²) in [5, 5.41) is 0. The Bertz CT molecular complexity index is 763. The van der Waals surface area contributed by atoms with Crippen molar-refractivity contribution in [1.29, 1.82) is 0 Å². The molecule has 1 aliphatic carbocycles. The zero-order chi connectivity index (χ0) is 17.0. The van der Waals surface area contributed by atoms with Crippen molar-refractivity contribution in [3.63, 3.8) is 0 Å². The largest absolute Gasteiger partial charge is 0.374 e. The smallest absolute Gasteiger partial charge is 0.297 e. The Kier molecular flexibility index (Phi) is 5.04. The topological polar surface area (TPSA) is 52.6 Å². The Morgan fingerprint density at radius 1 is 1.00 bits per heavy atom. The summed E-state index contributed by atoms with van der Waals surface area (Å²) < 4.78 is 36.3. The second-order valence-electron chi connectivity index (χ2n) is 6.37. The highest BCUT2D eigenvalue weighted by Crippen LogP contribution is 2.38. The summed E-state index contributed by atoms with van der Waals surface area (Å²) in [5.41, 5.74) is 1.35. The van der Waals surface area contributed by atoms with Gasteiger partial charge in [0.25, 0.3) is 10.1 Å². The molecular weight excluding hydrogens is 324 g/mol. The first-order valence-electron chi connectivity index (χ1n) is 8.13. The molecule has 5 heteroatoms. The standard InChI is InChI=1S/C19H22O4S/c1-16-8-10-18(11-9-16)24(20,21)23-19(12-5-13-19)15-22-14-17-6-3-2-4-7-17/h2-4,6-11H,5,12-15H2,1H3. The zero-order valence-corrected chi connectivity index (χ0v) is 14.6. The summed E-state index contributed by atoms with van der Waals surface area (Å²) in [7, 11) is -3.77. The fourth-order valence-corrected chi connectivity index (χ4v) is 3.98. The summed E-state index contributed by atoms with van der Waals surface area (Å²) in [5.74, 6) is 0. The van der Waals surface area contributed by atoms with Gasteiger partial charge in [-0.3, -0.25) is 4.18 Å². The van der Waals surface area contributed by atoms with Crippen molar-refractivity contribution >= 4 is 10.1 Å². The van der Waals surface area contributed by atoms with E-state index in [1.807, 2.05) is 37.3 Å². The van der Waals surface area contributed by atoms with Crippen LogP contribution in [0.3, 0.4) is 0 Å². The van der Waals surface area contributed by atoms with Gasteiger partial charge in [0.05, 0.1) is 18.1 Å². The van der Waals surface area contributed by atoms with Gasteiger partial charge in [-0.25, -0.2) is 0 Å². The van der Waals surface area contributed by atoms with Crippen LogP contribution in [0.15, 0.2) is 59.5 Å². The Morgan fingerprint density at radius 3 is 2.25 bits per heavy atom. The summed E-state index contributed by atoms with van der Waals surface area (Å²) in [6.45, 7) is 2.66. The van der Waals surface area contributed by atoms with Crippen LogP contribution in [0.4, 0.5) is 0 Å². The SMILES string of the molecule is Cc1ccc(S(=O)(=O)OC2(COCc3ccccc3)CCC2)cc1. The van der Waals surface area contributed by atoms with Crippen LogP contribution >= 0.6 is 0 Å². The molecule has 24 heavy (non-hydrogen) atoms. The molecule has 0 radical (unpaired) electrons. The molecule has 2 aromatic rings. The van der Waals surface area contributed by atoms with Gasteiger partial charge in [0.1, 0.15) is 5.60 Å². The van der Waals surface area contributed by atoms with Crippen molar-refractivity contribution in [1.82, 2.24) is 0 Å². The first kappa shape index (κ1) is 17.1. The normalized spacial score (nSPS) is 16.5. The van der Waals surface area contributed by atoms with Gasteiger partial charge in [0.15, 0.2) is 0 Å². The minimum Gasteiger partial charge on any atom is -0.374 e. The number of benzene rings is 2. The Morgan fingerprint density at radius 2 is 1.67 bits per heavy atom. The summed E-state index contributed by atoms with van der Waals surface area (Å²) >= 11 is 0. The van der Waals surface area contributed by atoms with Gasteiger partial charge >= 0.3 is 0 Å². The van der Waals surface area contributed by atoms with E-state index in [0.717, 1.165) is 17.5 Å². The van der Waals surface area contributed by atoms with Crippen LogP contribution in [0.1, 0.15) is 30.4 Å². The van der Waals surface area contributed by atoms with Crippen molar-refractivity contribution in [3.05, 3.63) is 65.7 Å². The number of rotatable bonds is 7. The van der Waals surface area contributed by atoms with Gasteiger partial charge in [-0.1, -0.05) is 48.0 Å². The van der Waals surface area contributed by atoms with E-state index in [0.29, 0.717) is 19.4 Å². The van der Waals surface area contributed by atoms with E-state index in [2.05, 4.69) is 0 Å². The first-order valence-corrected chi connectivity index (χ1v) is 9.54. The predicted octanol–water partition coefficient (Wildman–Crippen LogP) is 3.84. The number of ether oxygens (including phenoxy) is 1. The molecule has 0 amide bonds. The van der Waals surface area contributed by atoms with Gasteiger partial charge in [0.2, 0.25) is 0 Å². The van der Waals surface area contributed by atoms with E-state index in [9.17, 15) is 8.42 Å². The van der Waals surface area contributed by atoms with E-state index >= 15 is 0 Å². The maximum atomic E-state index is 12.5. The summed E-state index contributed by atoms with van der Waals surface area (Å²) in [6, 6.07) is 16.5. The van der Waals surface area contributed by atoms with Crippen LogP contribution in [-0.4, -0.2) is 20.6 Å². The van der Waals surface area contributed by atoms with Crippen LogP contribution in [0.2, 0.25) is 0 Å². The van der Waals surface area contributed by atoms with E-state index in [1.54, 1.807) is 24.3 Å². The maximum absolute atomic E-state index is 12.5. The zero-order valence-electron chi connectivity index (χ0n) is 13.8. The lowest BCUT2D eigenvalue weighted by atomic mass is 9.81. The molecule has 128 valence electrons. The third kappa shape index (κ3) is 4.04. The molecule has 0 heterocycles. The van der Waals surface area contributed by atoms with Crippen LogP contribution < -0.4 is 0 Å². The minimum absolute atomic E-state index is 0.197. The molecule has 4 nitrogen and oxygen atoms in total. The Labute approximate surface area is 143 Å². The van der Waals surface area contributed by atoms with Crippen molar-refractivity contribution in [3.8, 4) is 0 Å². The van der Waals surface area contributed by atoms with Gasteiger partial charge in [-0.05, 0) is 43.9 Å². The minimum atomic E-state index is -3.77. The molecule has 0 N–H and O–H groups in total. The third-order valence-electron chi connectivity index (χ3n) is 4.34. The number of hydrogen-bond donors (Lipinski definition) is 0. The molecule has 3 rings (SSSR count). The summed E-state index contributed by atoms with van der Waals surface area (Å²) in [4.78, 5) is 0.197. The number of aryl methyl sites for hydroxylation is 1. The molecule has 0 atom stereocenters. The molecule has 1 saturated carbocycles.